The van der Waals surface area contributed by atoms with Crippen LogP contribution in [-0.2, 0) is 19.0 Å². The summed E-state index contributed by atoms with van der Waals surface area (Å²) in [7, 11) is 0. The Morgan fingerprint density at radius 1 is 1.64 bits per heavy atom. The van der Waals surface area contributed by atoms with Crippen molar-refractivity contribution in [3.8, 4) is 12.3 Å². The molecule has 0 aromatic carbocycles. The molecule has 2 atom stereocenters. The van der Waals surface area contributed by atoms with Gasteiger partial charge in [0.2, 0.25) is 6.10 Å². The van der Waals surface area contributed by atoms with Crippen LogP contribution in [0.3, 0.4) is 0 Å². The quantitative estimate of drug-likeness (QED) is 0.487. The third kappa shape index (κ3) is 2.16. The number of esters is 1. The molecule has 2 unspecified atom stereocenters. The maximum atomic E-state index is 11.2. The van der Waals surface area contributed by atoms with Crippen LogP contribution >= 0.6 is 0 Å². The molecular weight excluding hydrogens is 188 g/mol. The minimum Gasteiger partial charge on any atom is -0.450 e. The molecule has 0 spiro atoms. The zero-order valence-electron chi connectivity index (χ0n) is 7.69. The van der Waals surface area contributed by atoms with Crippen molar-refractivity contribution < 1.29 is 23.8 Å². The van der Waals surface area contributed by atoms with Crippen LogP contribution in [0.25, 0.3) is 0 Å². The molecule has 1 aliphatic rings. The van der Waals surface area contributed by atoms with Crippen LogP contribution in [0.1, 0.15) is 13.3 Å². The number of carbonyl (C=O) groups excluding carboxylic acids is 2. The highest BCUT2D eigenvalue weighted by molar-refractivity contribution is 5.80. The lowest BCUT2D eigenvalue weighted by molar-refractivity contribution is -0.152. The first-order valence-electron chi connectivity index (χ1n) is 4.16. The second-order valence-corrected chi connectivity index (χ2v) is 2.66. The molecule has 1 saturated heterocycles. The van der Waals surface area contributed by atoms with Crippen LogP contribution in [0.4, 0.5) is 4.79 Å². The van der Waals surface area contributed by atoms with Gasteiger partial charge < -0.3 is 14.2 Å². The fourth-order valence-corrected chi connectivity index (χ4v) is 1.08. The summed E-state index contributed by atoms with van der Waals surface area (Å²) in [6.07, 6.45) is 2.98. The number of ether oxygens (including phenoxy) is 3. The Kier molecular flexibility index (Phi) is 3.35. The molecule has 0 aliphatic carbocycles. The Morgan fingerprint density at radius 3 is 2.93 bits per heavy atom. The fraction of sp³-hybridized carbons (Fsp3) is 0.556. The fourth-order valence-electron chi connectivity index (χ4n) is 1.08. The summed E-state index contributed by atoms with van der Waals surface area (Å²) in [4.78, 5) is 22.0. The summed E-state index contributed by atoms with van der Waals surface area (Å²) >= 11 is 0. The van der Waals surface area contributed by atoms with E-state index in [1.54, 1.807) is 6.92 Å². The smallest absolute Gasteiger partial charge is 0.450 e. The van der Waals surface area contributed by atoms with Gasteiger partial charge in [-0.2, -0.15) is 0 Å². The topological polar surface area (TPSA) is 61.8 Å². The summed E-state index contributed by atoms with van der Waals surface area (Å²) in [5, 5.41) is 0. The van der Waals surface area contributed by atoms with Crippen LogP contribution in [-0.4, -0.2) is 30.9 Å². The molecule has 0 aromatic heterocycles. The van der Waals surface area contributed by atoms with Crippen molar-refractivity contribution in [1.82, 2.24) is 0 Å². The van der Waals surface area contributed by atoms with Crippen molar-refractivity contribution in [2.45, 2.75) is 25.6 Å². The van der Waals surface area contributed by atoms with Gasteiger partial charge in [-0.3, -0.25) is 0 Å². The molecule has 0 bridgehead atoms. The molecule has 14 heavy (non-hydrogen) atoms. The predicted octanol–water partition coefficient (Wildman–Crippen LogP) is 0.477. The molecule has 1 rings (SSSR count). The van der Waals surface area contributed by atoms with E-state index in [4.69, 9.17) is 11.2 Å². The minimum absolute atomic E-state index is 0.136. The third-order valence-corrected chi connectivity index (χ3v) is 1.74. The minimum atomic E-state index is -0.985. The largest absolute Gasteiger partial charge is 0.509 e. The zero-order chi connectivity index (χ0) is 10.6. The molecule has 1 aliphatic heterocycles. The lowest BCUT2D eigenvalue weighted by atomic mass is 10.1. The normalized spacial score (nSPS) is 24.7. The molecule has 1 fully saturated rings. The van der Waals surface area contributed by atoms with E-state index in [2.05, 4.69) is 15.4 Å². The van der Waals surface area contributed by atoms with Gasteiger partial charge in [-0.25, -0.2) is 9.59 Å². The first kappa shape index (κ1) is 10.4. The van der Waals surface area contributed by atoms with Crippen molar-refractivity contribution in [3.63, 3.8) is 0 Å². The molecular formula is C9H10O5. The number of terminal acetylenes is 1. The third-order valence-electron chi connectivity index (χ3n) is 1.74. The molecule has 0 amide bonds. The standard InChI is InChI=1S/C9H10O5/c1-3-5-12-8(10)7-6(4-2)13-9(11)14-7/h1,6-7H,4-5H2,2H3. The molecule has 0 N–H and O–H groups in total. The van der Waals surface area contributed by atoms with Crippen LogP contribution in [0, 0.1) is 12.3 Å². The highest BCUT2D eigenvalue weighted by Gasteiger charge is 2.41. The summed E-state index contributed by atoms with van der Waals surface area (Å²) in [6.45, 7) is 1.64. The number of cyclic esters (lactones) is 2. The molecule has 1 heterocycles. The summed E-state index contributed by atoms with van der Waals surface area (Å²) < 4.78 is 14.0. The van der Waals surface area contributed by atoms with Gasteiger partial charge in [0, 0.05) is 0 Å². The van der Waals surface area contributed by atoms with Gasteiger partial charge in [0.1, 0.15) is 0 Å². The van der Waals surface area contributed by atoms with E-state index in [0.717, 1.165) is 0 Å². The SMILES string of the molecule is C#CCOC(=O)C1OC(=O)OC1CC. The summed E-state index contributed by atoms with van der Waals surface area (Å²) in [6, 6.07) is 0. The van der Waals surface area contributed by atoms with E-state index in [1.807, 2.05) is 0 Å². The number of hydrogen-bond donors (Lipinski definition) is 0. The lowest BCUT2D eigenvalue weighted by Gasteiger charge is -2.11. The Morgan fingerprint density at radius 2 is 2.36 bits per heavy atom. The molecule has 76 valence electrons. The molecule has 0 saturated carbocycles. The van der Waals surface area contributed by atoms with Crippen molar-refractivity contribution in [3.05, 3.63) is 0 Å². The first-order chi connectivity index (χ1) is 6.69. The van der Waals surface area contributed by atoms with E-state index >= 15 is 0 Å². The Bertz CT molecular complexity index is 277. The number of rotatable bonds is 3. The lowest BCUT2D eigenvalue weighted by Crippen LogP contribution is -2.32. The van der Waals surface area contributed by atoms with Crippen LogP contribution in [0.2, 0.25) is 0 Å². The zero-order valence-corrected chi connectivity index (χ0v) is 7.69. The number of hydrogen-bond acceptors (Lipinski definition) is 5. The Labute approximate surface area is 81.3 Å². The van der Waals surface area contributed by atoms with Crippen molar-refractivity contribution in [2.24, 2.45) is 0 Å². The first-order valence-corrected chi connectivity index (χ1v) is 4.16. The van der Waals surface area contributed by atoms with Crippen LogP contribution in [0.15, 0.2) is 0 Å². The number of carbonyl (C=O) groups is 2. The van der Waals surface area contributed by atoms with Crippen molar-refractivity contribution in [2.75, 3.05) is 6.61 Å². The summed E-state index contributed by atoms with van der Waals surface area (Å²) in [5.74, 6) is 1.48. The van der Waals surface area contributed by atoms with E-state index in [-0.39, 0.29) is 6.61 Å². The molecule has 0 aromatic rings. The maximum Gasteiger partial charge on any atom is 0.509 e. The van der Waals surface area contributed by atoms with Crippen LogP contribution < -0.4 is 0 Å². The van der Waals surface area contributed by atoms with E-state index < -0.39 is 24.3 Å². The monoisotopic (exact) mass is 198 g/mol. The second kappa shape index (κ2) is 4.51. The van der Waals surface area contributed by atoms with Crippen molar-refractivity contribution in [1.29, 1.82) is 0 Å². The van der Waals surface area contributed by atoms with Gasteiger partial charge in [0.05, 0.1) is 0 Å². The van der Waals surface area contributed by atoms with Crippen LogP contribution in [0.5, 0.6) is 0 Å². The van der Waals surface area contributed by atoms with Gasteiger partial charge in [0.25, 0.3) is 0 Å². The Balaban J connectivity index is 2.54. The van der Waals surface area contributed by atoms with E-state index in [1.165, 1.54) is 0 Å². The average Bonchev–Trinajstić information content (AvgIpc) is 2.56. The average molecular weight is 198 g/mol. The second-order valence-electron chi connectivity index (χ2n) is 2.66. The Hall–Kier alpha value is -1.70. The molecule has 0 radical (unpaired) electrons. The summed E-state index contributed by atoms with van der Waals surface area (Å²) in [5.41, 5.74) is 0. The maximum absolute atomic E-state index is 11.2. The van der Waals surface area contributed by atoms with E-state index in [9.17, 15) is 9.59 Å². The van der Waals surface area contributed by atoms with Gasteiger partial charge in [-0.05, 0) is 6.42 Å². The van der Waals surface area contributed by atoms with Gasteiger partial charge in [-0.15, -0.1) is 6.42 Å². The van der Waals surface area contributed by atoms with E-state index in [0.29, 0.717) is 6.42 Å². The highest BCUT2D eigenvalue weighted by Crippen LogP contribution is 2.18. The highest BCUT2D eigenvalue weighted by atomic mass is 16.8. The predicted molar refractivity (Wildman–Crippen MR) is 45.2 cm³/mol. The van der Waals surface area contributed by atoms with Crippen molar-refractivity contribution >= 4 is 12.1 Å². The van der Waals surface area contributed by atoms with Gasteiger partial charge in [0.15, 0.2) is 12.7 Å². The van der Waals surface area contributed by atoms with Gasteiger partial charge in [-0.1, -0.05) is 12.8 Å². The molecule has 5 nitrogen and oxygen atoms in total. The molecule has 5 heteroatoms. The van der Waals surface area contributed by atoms with Gasteiger partial charge >= 0.3 is 12.1 Å².